The Kier molecular flexibility index (Phi) is 7.90. The van der Waals surface area contributed by atoms with E-state index in [1.165, 1.54) is 0 Å². The Balaban J connectivity index is 3.87. The number of hydrogen-bond acceptors (Lipinski definition) is 1. The Morgan fingerprint density at radius 3 is 2.50 bits per heavy atom. The largest absolute Gasteiger partial charge is 0.280 e. The molecule has 12 heavy (non-hydrogen) atoms. The molecule has 4 heteroatoms. The summed E-state index contributed by atoms with van der Waals surface area (Å²) in [6.45, 7) is 2.14. The zero-order valence-corrected chi connectivity index (χ0v) is 11.0. The number of alkyl halides is 2. The summed E-state index contributed by atoms with van der Waals surface area (Å²) in [5, 5.41) is 0.525. The minimum Gasteiger partial charge on any atom is -0.280 e. The smallest absolute Gasteiger partial charge is 0.235 e. The van der Waals surface area contributed by atoms with Crippen LogP contribution in [0, 0.1) is 5.92 Å². The molecule has 0 heterocycles. The van der Waals surface area contributed by atoms with E-state index in [4.69, 9.17) is 11.6 Å². The van der Waals surface area contributed by atoms with Crippen LogP contribution in [0.4, 0.5) is 0 Å². The van der Waals surface area contributed by atoms with Gasteiger partial charge in [0.25, 0.3) is 0 Å². The van der Waals surface area contributed by atoms with E-state index in [0.717, 1.165) is 24.6 Å². The molecule has 0 amide bonds. The van der Waals surface area contributed by atoms with Crippen molar-refractivity contribution in [2.75, 3.05) is 5.33 Å². The molecule has 0 aromatic carbocycles. The van der Waals surface area contributed by atoms with E-state index in [1.807, 2.05) is 0 Å². The van der Waals surface area contributed by atoms with Crippen LogP contribution in [0.2, 0.25) is 0 Å². The zero-order chi connectivity index (χ0) is 9.56. The van der Waals surface area contributed by atoms with Crippen molar-refractivity contribution in [1.82, 2.24) is 0 Å². The maximum absolute atomic E-state index is 10.8. The maximum Gasteiger partial charge on any atom is 0.235 e. The number of rotatable bonds is 6. The number of halogens is 3. The minimum absolute atomic E-state index is 0.204. The molecular weight excluding hydrogens is 307 g/mol. The van der Waals surface area contributed by atoms with Crippen molar-refractivity contribution in [3.8, 4) is 0 Å². The average Bonchev–Trinajstić information content (AvgIpc) is 2.05. The first kappa shape index (κ1) is 12.9. The van der Waals surface area contributed by atoms with Gasteiger partial charge in [0, 0.05) is 5.33 Å². The molecule has 0 rings (SSSR count). The van der Waals surface area contributed by atoms with Gasteiger partial charge in [-0.25, -0.2) is 0 Å². The molecule has 0 spiro atoms. The summed E-state index contributed by atoms with van der Waals surface area (Å²) < 4.78 is 0. The van der Waals surface area contributed by atoms with Crippen LogP contribution in [0.15, 0.2) is 0 Å². The Labute approximate surface area is 95.5 Å². The van der Waals surface area contributed by atoms with E-state index in [1.54, 1.807) is 0 Å². The van der Waals surface area contributed by atoms with Crippen LogP contribution in [-0.4, -0.2) is 15.4 Å². The van der Waals surface area contributed by atoms with Crippen LogP contribution >= 0.6 is 43.5 Å². The third-order valence-electron chi connectivity index (χ3n) is 1.76. The molecule has 0 saturated heterocycles. The highest BCUT2D eigenvalue weighted by atomic mass is 79.9. The Morgan fingerprint density at radius 1 is 1.58 bits per heavy atom. The van der Waals surface area contributed by atoms with E-state index >= 15 is 0 Å². The first-order valence-electron chi connectivity index (χ1n) is 4.02. The van der Waals surface area contributed by atoms with Crippen molar-refractivity contribution >= 4 is 48.7 Å². The molecule has 0 aliphatic heterocycles. The number of carbonyl (C=O) groups is 1. The summed E-state index contributed by atoms with van der Waals surface area (Å²) in [4.78, 5) is 10.6. The fourth-order valence-electron chi connectivity index (χ4n) is 0.953. The molecule has 0 bridgehead atoms. The van der Waals surface area contributed by atoms with Crippen LogP contribution in [0.25, 0.3) is 0 Å². The third-order valence-corrected chi connectivity index (χ3v) is 4.25. The van der Waals surface area contributed by atoms with E-state index in [0.29, 0.717) is 5.92 Å². The lowest BCUT2D eigenvalue weighted by Crippen LogP contribution is -2.21. The number of carbonyl (C=O) groups excluding carboxylic acids is 1. The van der Waals surface area contributed by atoms with E-state index in [-0.39, 0.29) is 10.1 Å². The summed E-state index contributed by atoms with van der Waals surface area (Å²) in [5.74, 6) is 0.315. The average molecular weight is 320 g/mol. The summed E-state index contributed by atoms with van der Waals surface area (Å²) >= 11 is 12.0. The van der Waals surface area contributed by atoms with Gasteiger partial charge in [-0.15, -0.1) is 0 Å². The lowest BCUT2D eigenvalue weighted by Gasteiger charge is -2.16. The molecule has 0 aromatic rings. The van der Waals surface area contributed by atoms with Crippen molar-refractivity contribution in [2.24, 2.45) is 5.92 Å². The second kappa shape index (κ2) is 7.34. The van der Waals surface area contributed by atoms with Crippen molar-refractivity contribution in [2.45, 2.75) is 31.0 Å². The topological polar surface area (TPSA) is 17.1 Å². The number of hydrogen-bond donors (Lipinski definition) is 0. The quantitative estimate of drug-likeness (QED) is 0.538. The highest BCUT2D eigenvalue weighted by Gasteiger charge is 2.22. The van der Waals surface area contributed by atoms with Crippen molar-refractivity contribution in [3.05, 3.63) is 0 Å². The fraction of sp³-hybridized carbons (Fsp3) is 0.875. The Bertz CT molecular complexity index is 141. The minimum atomic E-state index is -0.296. The van der Waals surface area contributed by atoms with Gasteiger partial charge in [-0.05, 0) is 23.9 Å². The monoisotopic (exact) mass is 318 g/mol. The molecule has 0 saturated carbocycles. The van der Waals surface area contributed by atoms with Crippen LogP contribution in [-0.2, 0) is 4.79 Å². The molecule has 0 aromatic heterocycles. The summed E-state index contributed by atoms with van der Waals surface area (Å²) in [6.07, 6.45) is 3.33. The van der Waals surface area contributed by atoms with Crippen LogP contribution < -0.4 is 0 Å². The van der Waals surface area contributed by atoms with Gasteiger partial charge >= 0.3 is 0 Å². The second-order valence-corrected chi connectivity index (χ2v) is 4.77. The maximum atomic E-state index is 10.8. The van der Waals surface area contributed by atoms with Crippen molar-refractivity contribution in [1.29, 1.82) is 0 Å². The first-order chi connectivity index (χ1) is 5.63. The SMILES string of the molecule is CCCCC(CBr)C(Br)C(=O)Cl. The third kappa shape index (κ3) is 4.83. The summed E-state index contributed by atoms with van der Waals surface area (Å²) in [6, 6.07) is 0. The predicted octanol–water partition coefficient (Wildman–Crippen LogP) is 3.72. The molecular formula is C8H13Br2ClO. The van der Waals surface area contributed by atoms with E-state index < -0.39 is 0 Å². The fourth-order valence-corrected chi connectivity index (χ4v) is 2.78. The molecule has 0 N–H and O–H groups in total. The van der Waals surface area contributed by atoms with Gasteiger partial charge in [-0.3, -0.25) is 4.79 Å². The summed E-state index contributed by atoms with van der Waals surface area (Å²) in [5.41, 5.74) is 0. The van der Waals surface area contributed by atoms with Crippen LogP contribution in [0.3, 0.4) is 0 Å². The van der Waals surface area contributed by atoms with Gasteiger partial charge in [0.2, 0.25) is 5.24 Å². The standard InChI is InChI=1S/C8H13Br2ClO/c1-2-3-4-6(5-9)7(10)8(11)12/h6-7H,2-5H2,1H3. The molecule has 0 fully saturated rings. The molecule has 0 aliphatic carbocycles. The van der Waals surface area contributed by atoms with Gasteiger partial charge in [0.1, 0.15) is 0 Å². The lowest BCUT2D eigenvalue weighted by atomic mass is 10.0. The van der Waals surface area contributed by atoms with Crippen molar-refractivity contribution < 1.29 is 4.79 Å². The van der Waals surface area contributed by atoms with E-state index in [9.17, 15) is 4.79 Å². The molecule has 0 radical (unpaired) electrons. The lowest BCUT2D eigenvalue weighted by molar-refractivity contribution is -0.111. The molecule has 0 aliphatic rings. The predicted molar refractivity (Wildman–Crippen MR) is 60.4 cm³/mol. The van der Waals surface area contributed by atoms with Gasteiger partial charge in [-0.1, -0.05) is 51.6 Å². The normalized spacial score (nSPS) is 15.7. The van der Waals surface area contributed by atoms with Crippen molar-refractivity contribution in [3.63, 3.8) is 0 Å². The molecule has 1 nitrogen and oxygen atoms in total. The van der Waals surface area contributed by atoms with Gasteiger partial charge in [-0.2, -0.15) is 0 Å². The zero-order valence-electron chi connectivity index (χ0n) is 7.03. The van der Waals surface area contributed by atoms with Crippen LogP contribution in [0.1, 0.15) is 26.2 Å². The molecule has 2 unspecified atom stereocenters. The summed E-state index contributed by atoms with van der Waals surface area (Å²) in [7, 11) is 0. The Hall–Kier alpha value is 0.920. The molecule has 2 atom stereocenters. The Morgan fingerprint density at radius 2 is 2.17 bits per heavy atom. The number of unbranched alkanes of at least 4 members (excludes halogenated alkanes) is 1. The highest BCUT2D eigenvalue weighted by Crippen LogP contribution is 2.23. The highest BCUT2D eigenvalue weighted by molar-refractivity contribution is 9.10. The van der Waals surface area contributed by atoms with Gasteiger partial charge in [0.05, 0.1) is 4.83 Å². The molecule has 72 valence electrons. The van der Waals surface area contributed by atoms with Gasteiger partial charge in [0.15, 0.2) is 0 Å². The second-order valence-electron chi connectivity index (χ2n) is 2.76. The van der Waals surface area contributed by atoms with Gasteiger partial charge < -0.3 is 0 Å². The van der Waals surface area contributed by atoms with E-state index in [2.05, 4.69) is 38.8 Å². The van der Waals surface area contributed by atoms with Crippen LogP contribution in [0.5, 0.6) is 0 Å². The first-order valence-corrected chi connectivity index (χ1v) is 6.44.